The third kappa shape index (κ3) is 6.80. The number of fused-ring (bicyclic) bond motifs is 9. The zero-order chi connectivity index (χ0) is 40.4. The molecule has 4 aliphatic heterocycles. The highest BCUT2D eigenvalue weighted by atomic mass is 35.5. The minimum atomic E-state index is -1.67. The SMILES string of the molecule is C=C1Oc2cc(OC)cc(C(=O)O[C@H]3COC(=O)C[C@H](N)c4cc(O)c(c(Cl)c4)O[C@@H]4C=C3C3=CC=CC34O[C@@H]3OC(C)(C)[C@@H](N(C)C)[C@@H](O)[C@H]3O)c2NC1=O. The van der Waals surface area contributed by atoms with E-state index in [0.717, 1.165) is 0 Å². The predicted molar refractivity (Wildman–Crippen MR) is 198 cm³/mol. The average Bonchev–Trinajstić information content (AvgIpc) is 3.66. The second-order valence-corrected chi connectivity index (χ2v) is 15.2. The number of amides is 1. The van der Waals surface area contributed by atoms with Gasteiger partial charge in [-0.25, -0.2) is 4.79 Å². The minimum Gasteiger partial charge on any atom is -0.504 e. The zero-order valence-corrected chi connectivity index (χ0v) is 31.9. The Morgan fingerprint density at radius 3 is 2.59 bits per heavy atom. The fourth-order valence-electron chi connectivity index (χ4n) is 7.84. The van der Waals surface area contributed by atoms with Crippen molar-refractivity contribution in [2.24, 2.45) is 5.73 Å². The Hall–Kier alpha value is -4.94. The molecule has 0 spiro atoms. The number of aliphatic hydroxyl groups is 2. The van der Waals surface area contributed by atoms with Crippen molar-refractivity contribution in [3.63, 3.8) is 0 Å². The standard InChI is InChI=1S/C39H42ClN3O13/c1-17-35(48)42-30-21(12-19(50-6)13-26(30)52-17)36(49)53-27-16-51-29(45)15-24(41)18-10-23(40)33(25(44)11-18)54-28-14-20(27)22-8-7-9-39(22,28)56-37-32(47)31(46)34(43(4)5)38(2,3)55-37/h7-14,24,27-28,31-32,34,37,44,46-47H,1,15-16,41H2,2-6H3,(H,42,48)/t24-,27-,28+,31-,32+,34-,37-,39?/m0/s1. The number of phenols is 1. The van der Waals surface area contributed by atoms with Crippen LogP contribution in [0.2, 0.25) is 5.02 Å². The van der Waals surface area contributed by atoms with Gasteiger partial charge >= 0.3 is 11.9 Å². The van der Waals surface area contributed by atoms with Crippen LogP contribution in [0.3, 0.4) is 0 Å². The summed E-state index contributed by atoms with van der Waals surface area (Å²) in [5, 5.41) is 36.5. The van der Waals surface area contributed by atoms with Crippen molar-refractivity contribution in [2.75, 3.05) is 33.1 Å². The number of benzene rings is 2. The van der Waals surface area contributed by atoms with Crippen molar-refractivity contribution in [1.82, 2.24) is 4.90 Å². The van der Waals surface area contributed by atoms with Crippen LogP contribution in [-0.2, 0) is 28.5 Å². The van der Waals surface area contributed by atoms with Gasteiger partial charge in [0.05, 0.1) is 41.4 Å². The number of halogens is 1. The highest BCUT2D eigenvalue weighted by Crippen LogP contribution is 2.51. The van der Waals surface area contributed by atoms with E-state index in [1.54, 1.807) is 57.1 Å². The zero-order valence-electron chi connectivity index (χ0n) is 31.1. The first-order valence-electron chi connectivity index (χ1n) is 17.7. The van der Waals surface area contributed by atoms with E-state index in [4.69, 9.17) is 50.5 Å². The smallest absolute Gasteiger partial charge is 0.341 e. The van der Waals surface area contributed by atoms with Gasteiger partial charge in [-0.1, -0.05) is 30.3 Å². The Morgan fingerprint density at radius 1 is 1.14 bits per heavy atom. The molecule has 1 unspecified atom stereocenters. The molecule has 16 nitrogen and oxygen atoms in total. The summed E-state index contributed by atoms with van der Waals surface area (Å²) >= 11 is 6.67. The summed E-state index contributed by atoms with van der Waals surface area (Å²) in [6.07, 6.45) is -0.762. The second-order valence-electron chi connectivity index (χ2n) is 14.8. The average molecular weight is 796 g/mol. The van der Waals surface area contributed by atoms with Gasteiger partial charge in [-0.2, -0.15) is 0 Å². The van der Waals surface area contributed by atoms with E-state index in [-0.39, 0.29) is 51.3 Å². The van der Waals surface area contributed by atoms with E-state index in [0.29, 0.717) is 11.1 Å². The number of nitrogens with two attached hydrogens (primary N) is 1. The number of aliphatic hydroxyl groups excluding tert-OH is 2. The largest absolute Gasteiger partial charge is 0.504 e. The number of nitrogens with zero attached hydrogens (tertiary/aromatic N) is 1. The number of anilines is 1. The van der Waals surface area contributed by atoms with Crippen LogP contribution in [-0.4, -0.2) is 114 Å². The fraction of sp³-hybridized carbons (Fsp3) is 0.410. The molecule has 1 amide bonds. The van der Waals surface area contributed by atoms with Gasteiger partial charge in [0, 0.05) is 17.7 Å². The lowest BCUT2D eigenvalue weighted by Gasteiger charge is -2.51. The second kappa shape index (κ2) is 14.5. The van der Waals surface area contributed by atoms with Crippen LogP contribution in [0.1, 0.15) is 42.2 Å². The molecule has 298 valence electrons. The molecule has 1 fully saturated rings. The highest BCUT2D eigenvalue weighted by molar-refractivity contribution is 6.32. The molecule has 4 bridgehead atoms. The summed E-state index contributed by atoms with van der Waals surface area (Å²) in [7, 11) is 4.88. The number of esters is 2. The van der Waals surface area contributed by atoms with Gasteiger partial charge in [0.2, 0.25) is 0 Å². The lowest BCUT2D eigenvalue weighted by molar-refractivity contribution is -0.329. The topological polar surface area (TPSA) is 218 Å². The number of rotatable bonds is 6. The van der Waals surface area contributed by atoms with Crippen molar-refractivity contribution < 1.29 is 62.9 Å². The third-order valence-corrected chi connectivity index (χ3v) is 10.7. The van der Waals surface area contributed by atoms with E-state index in [1.165, 1.54) is 31.4 Å². The number of carbonyl (C=O) groups excluding carboxylic acids is 3. The number of hydrogen-bond donors (Lipinski definition) is 5. The lowest BCUT2D eigenvalue weighted by Crippen LogP contribution is -2.68. The first-order chi connectivity index (χ1) is 26.4. The van der Waals surface area contributed by atoms with Crippen LogP contribution in [0.25, 0.3) is 0 Å². The van der Waals surface area contributed by atoms with Crippen molar-refractivity contribution in [3.05, 3.63) is 88.2 Å². The molecule has 4 heterocycles. The number of allylic oxidation sites excluding steroid dienone is 2. The highest BCUT2D eigenvalue weighted by Gasteiger charge is 2.58. The van der Waals surface area contributed by atoms with E-state index >= 15 is 0 Å². The molecule has 2 aliphatic carbocycles. The molecule has 8 rings (SSSR count). The summed E-state index contributed by atoms with van der Waals surface area (Å²) in [4.78, 5) is 41.7. The summed E-state index contributed by atoms with van der Waals surface area (Å²) in [6, 6.07) is 4.00. The molecule has 8 atom stereocenters. The van der Waals surface area contributed by atoms with Gasteiger partial charge in [0.25, 0.3) is 5.91 Å². The Labute approximate surface area is 326 Å². The van der Waals surface area contributed by atoms with Gasteiger partial charge in [-0.15, -0.1) is 0 Å². The van der Waals surface area contributed by atoms with Crippen LogP contribution < -0.4 is 25.3 Å². The van der Waals surface area contributed by atoms with Gasteiger partial charge in [-0.3, -0.25) is 9.59 Å². The van der Waals surface area contributed by atoms with Crippen molar-refractivity contribution in [2.45, 2.75) is 74.3 Å². The normalized spacial score (nSPS) is 30.5. The Bertz CT molecular complexity index is 2070. The van der Waals surface area contributed by atoms with E-state index in [9.17, 15) is 29.7 Å². The molecule has 6 N–H and O–H groups in total. The molecule has 6 aliphatic rings. The lowest BCUT2D eigenvalue weighted by atomic mass is 9.86. The first kappa shape index (κ1) is 39.3. The van der Waals surface area contributed by atoms with Crippen LogP contribution in [0.5, 0.6) is 23.0 Å². The number of aromatic hydroxyl groups is 1. The maximum atomic E-state index is 14.2. The first-order valence-corrected chi connectivity index (χ1v) is 18.0. The van der Waals surface area contributed by atoms with Crippen molar-refractivity contribution in [3.8, 4) is 23.0 Å². The van der Waals surface area contributed by atoms with Gasteiger partial charge in [0.1, 0.15) is 24.6 Å². The molecule has 0 radical (unpaired) electrons. The van der Waals surface area contributed by atoms with Gasteiger partial charge in [-0.05, 0) is 69.4 Å². The van der Waals surface area contributed by atoms with Crippen LogP contribution in [0, 0.1) is 0 Å². The molecule has 0 aromatic heterocycles. The molecular weight excluding hydrogens is 754 g/mol. The number of nitrogens with one attached hydrogen (secondary N) is 1. The predicted octanol–water partition coefficient (Wildman–Crippen LogP) is 2.80. The van der Waals surface area contributed by atoms with Crippen LogP contribution in [0.15, 0.2) is 72.1 Å². The van der Waals surface area contributed by atoms with Gasteiger partial charge in [0.15, 0.2) is 47.1 Å². The third-order valence-electron chi connectivity index (χ3n) is 10.4. The molecule has 17 heteroatoms. The molecule has 0 saturated carbocycles. The Kier molecular flexibility index (Phi) is 10.2. The number of phenolic OH excluding ortho intramolecular Hbond substituents is 1. The summed E-state index contributed by atoms with van der Waals surface area (Å²) in [5.41, 5.74) is 4.35. The molecular formula is C39H42ClN3O13. The minimum absolute atomic E-state index is 0.00752. The Balaban J connectivity index is 1.32. The Morgan fingerprint density at radius 2 is 1.89 bits per heavy atom. The fourth-order valence-corrected chi connectivity index (χ4v) is 8.11. The maximum absolute atomic E-state index is 14.2. The summed E-state index contributed by atoms with van der Waals surface area (Å²) in [5.74, 6) is -2.90. The molecule has 2 aromatic carbocycles. The van der Waals surface area contributed by atoms with Crippen LogP contribution in [0.4, 0.5) is 5.69 Å². The quantitative estimate of drug-likeness (QED) is 0.210. The summed E-state index contributed by atoms with van der Waals surface area (Å²) in [6.45, 7) is 6.57. The van der Waals surface area contributed by atoms with Crippen LogP contribution >= 0.6 is 11.6 Å². The molecule has 2 aromatic rings. The van der Waals surface area contributed by atoms with E-state index in [2.05, 4.69) is 11.9 Å². The van der Waals surface area contributed by atoms with Crippen molar-refractivity contribution in [1.29, 1.82) is 0 Å². The number of methoxy groups -OCH3 is 1. The molecule has 56 heavy (non-hydrogen) atoms. The number of hydrogen-bond acceptors (Lipinski definition) is 15. The van der Waals surface area contributed by atoms with E-state index in [1.807, 2.05) is 0 Å². The summed E-state index contributed by atoms with van der Waals surface area (Å²) < 4.78 is 42.2. The number of ether oxygens (including phenoxy) is 7. The molecule has 1 saturated heterocycles. The number of likely N-dealkylation sites (N-methyl/N-ethyl adjacent to an activating group) is 1. The number of carbonyl (C=O) groups is 3. The monoisotopic (exact) mass is 795 g/mol. The van der Waals surface area contributed by atoms with Gasteiger partial charge < -0.3 is 64.4 Å². The maximum Gasteiger partial charge on any atom is 0.341 e. The van der Waals surface area contributed by atoms with E-state index < -0.39 is 84.2 Å². The van der Waals surface area contributed by atoms with Crippen molar-refractivity contribution >= 4 is 35.1 Å².